The molecule has 1 heterocycles. The van der Waals surface area contributed by atoms with Gasteiger partial charge in [-0.15, -0.1) is 0 Å². The third kappa shape index (κ3) is 4.64. The highest BCUT2D eigenvalue weighted by Gasteiger charge is 2.34. The fourth-order valence-corrected chi connectivity index (χ4v) is 4.08. The van der Waals surface area contributed by atoms with E-state index in [2.05, 4.69) is 0 Å². The van der Waals surface area contributed by atoms with Gasteiger partial charge in [-0.3, -0.25) is 4.79 Å². The third-order valence-corrected chi connectivity index (χ3v) is 6.63. The Kier molecular flexibility index (Phi) is 6.51. The lowest BCUT2D eigenvalue weighted by Gasteiger charge is -2.33. The summed E-state index contributed by atoms with van der Waals surface area (Å²) in [6.07, 6.45) is -0.943. The molecular weight excluding hydrogens is 424 g/mol. The van der Waals surface area contributed by atoms with Crippen LogP contribution in [0.3, 0.4) is 0 Å². The number of anilines is 1. The monoisotopic (exact) mass is 448 g/mol. The molecule has 0 saturated carbocycles. The number of carbonyl (C=O) groups is 2. The highest BCUT2D eigenvalue weighted by Crippen LogP contribution is 2.33. The number of amides is 1. The Hall–Kier alpha value is -3.11. The van der Waals surface area contributed by atoms with E-state index in [1.54, 1.807) is 31.2 Å². The van der Waals surface area contributed by atoms with Gasteiger partial charge in [-0.1, -0.05) is 12.1 Å². The number of fused-ring (bicyclic) bond motifs is 1. The molecule has 2 aromatic carbocycles. The van der Waals surface area contributed by atoms with Crippen molar-refractivity contribution in [3.63, 3.8) is 0 Å². The largest absolute Gasteiger partial charge is 0.483 e. The van der Waals surface area contributed by atoms with E-state index in [0.717, 1.165) is 4.31 Å². The van der Waals surface area contributed by atoms with Gasteiger partial charge in [0, 0.05) is 14.1 Å². The summed E-state index contributed by atoms with van der Waals surface area (Å²) in [5, 5.41) is 0. The molecule has 0 N–H and O–H groups in total. The van der Waals surface area contributed by atoms with E-state index < -0.39 is 22.1 Å². The van der Waals surface area contributed by atoms with Crippen LogP contribution in [-0.2, 0) is 24.3 Å². The number of benzene rings is 2. The second-order valence-electron chi connectivity index (χ2n) is 7.11. The van der Waals surface area contributed by atoms with Crippen LogP contribution in [-0.4, -0.2) is 65.1 Å². The molecule has 1 aliphatic rings. The van der Waals surface area contributed by atoms with Crippen LogP contribution in [0.25, 0.3) is 0 Å². The Bertz CT molecular complexity index is 1100. The summed E-state index contributed by atoms with van der Waals surface area (Å²) in [5.41, 5.74) is 1.10. The van der Waals surface area contributed by atoms with Gasteiger partial charge in [-0.2, -0.15) is 0 Å². The van der Waals surface area contributed by atoms with Gasteiger partial charge in [-0.25, -0.2) is 17.5 Å². The lowest BCUT2D eigenvalue weighted by Crippen LogP contribution is -2.48. The Balaban J connectivity index is 1.77. The Morgan fingerprint density at radius 2 is 1.90 bits per heavy atom. The summed E-state index contributed by atoms with van der Waals surface area (Å²) in [6, 6.07) is 11.3. The fraction of sp³-hybridized carbons (Fsp3) is 0.333. The zero-order valence-corrected chi connectivity index (χ0v) is 18.5. The number of esters is 1. The van der Waals surface area contributed by atoms with Crippen LogP contribution in [0.2, 0.25) is 0 Å². The number of hydrogen-bond acceptors (Lipinski definition) is 7. The first-order valence-corrected chi connectivity index (χ1v) is 10.9. The molecule has 1 atom stereocenters. The predicted octanol–water partition coefficient (Wildman–Crippen LogP) is 1.59. The summed E-state index contributed by atoms with van der Waals surface area (Å²) in [4.78, 5) is 26.4. The van der Waals surface area contributed by atoms with E-state index in [0.29, 0.717) is 22.7 Å². The van der Waals surface area contributed by atoms with E-state index in [1.807, 2.05) is 0 Å². The zero-order chi connectivity index (χ0) is 22.8. The normalized spacial score (nSPS) is 15.8. The molecule has 1 amide bonds. The van der Waals surface area contributed by atoms with Crippen molar-refractivity contribution in [2.24, 2.45) is 0 Å². The van der Waals surface area contributed by atoms with Gasteiger partial charge in [0.25, 0.3) is 5.91 Å². The maximum absolute atomic E-state index is 12.9. The lowest BCUT2D eigenvalue weighted by molar-refractivity contribution is -0.148. The first-order chi connectivity index (χ1) is 14.6. The molecule has 0 aliphatic carbocycles. The van der Waals surface area contributed by atoms with Gasteiger partial charge in [-0.05, 0) is 42.8 Å². The summed E-state index contributed by atoms with van der Waals surface area (Å²) in [6.45, 7) is 1.39. The number of sulfonamides is 1. The standard InChI is InChI=1S/C21H24N2O7S/c1-14-11-15(31(26,27)22(2)3)9-10-17(14)29-13-20(24)23-12-19(21(25)28-4)30-18-8-6-5-7-16(18)23/h5-11,19H,12-13H2,1-4H3/t19-/m1/s1. The fourth-order valence-electron chi connectivity index (χ4n) is 3.10. The summed E-state index contributed by atoms with van der Waals surface area (Å²) in [5.74, 6) is -0.181. The highest BCUT2D eigenvalue weighted by atomic mass is 32.2. The van der Waals surface area contributed by atoms with Crippen LogP contribution in [0, 0.1) is 6.92 Å². The number of methoxy groups -OCH3 is 1. The predicted molar refractivity (Wildman–Crippen MR) is 113 cm³/mol. The number of carbonyl (C=O) groups excluding carboxylic acids is 2. The van der Waals surface area contributed by atoms with E-state index >= 15 is 0 Å². The van der Waals surface area contributed by atoms with Crippen molar-refractivity contribution < 1.29 is 32.2 Å². The topological polar surface area (TPSA) is 102 Å². The number of hydrogen-bond donors (Lipinski definition) is 0. The van der Waals surface area contributed by atoms with Gasteiger partial charge in [0.2, 0.25) is 16.1 Å². The van der Waals surface area contributed by atoms with Crippen molar-refractivity contribution in [3.8, 4) is 11.5 Å². The van der Waals surface area contributed by atoms with Gasteiger partial charge >= 0.3 is 5.97 Å². The van der Waals surface area contributed by atoms with Crippen LogP contribution < -0.4 is 14.4 Å². The van der Waals surface area contributed by atoms with Gasteiger partial charge in [0.05, 0.1) is 24.2 Å². The van der Waals surface area contributed by atoms with Crippen LogP contribution in [0.15, 0.2) is 47.4 Å². The quantitative estimate of drug-likeness (QED) is 0.619. The van der Waals surface area contributed by atoms with Crippen molar-refractivity contribution in [2.45, 2.75) is 17.9 Å². The molecule has 10 heteroatoms. The molecular formula is C21H24N2O7S. The number of nitrogens with zero attached hydrogens (tertiary/aromatic N) is 2. The van der Waals surface area contributed by atoms with Gasteiger partial charge < -0.3 is 19.1 Å². The lowest BCUT2D eigenvalue weighted by atomic mass is 10.2. The first-order valence-electron chi connectivity index (χ1n) is 9.45. The Labute approximate surface area is 181 Å². The molecule has 0 spiro atoms. The average Bonchev–Trinajstić information content (AvgIpc) is 2.76. The molecule has 3 rings (SSSR count). The molecule has 0 bridgehead atoms. The Morgan fingerprint density at radius 1 is 1.19 bits per heavy atom. The SMILES string of the molecule is COC(=O)[C@H]1CN(C(=O)COc2ccc(S(=O)(=O)N(C)C)cc2C)c2ccccc2O1. The zero-order valence-electron chi connectivity index (χ0n) is 17.7. The maximum atomic E-state index is 12.9. The van der Waals surface area contributed by atoms with Crippen molar-refractivity contribution in [2.75, 3.05) is 39.3 Å². The molecule has 0 fully saturated rings. The molecule has 1 aliphatic heterocycles. The van der Waals surface area contributed by atoms with Gasteiger partial charge in [0.15, 0.2) is 6.61 Å². The molecule has 31 heavy (non-hydrogen) atoms. The number of para-hydroxylation sites is 2. The number of aryl methyl sites for hydroxylation is 1. The second kappa shape index (κ2) is 8.94. The van der Waals surface area contributed by atoms with Crippen LogP contribution in [0.1, 0.15) is 5.56 Å². The van der Waals surface area contributed by atoms with E-state index in [9.17, 15) is 18.0 Å². The third-order valence-electron chi connectivity index (χ3n) is 4.81. The maximum Gasteiger partial charge on any atom is 0.348 e. The molecule has 2 aromatic rings. The van der Waals surface area contributed by atoms with Crippen LogP contribution in [0.4, 0.5) is 5.69 Å². The van der Waals surface area contributed by atoms with Crippen molar-refractivity contribution >= 4 is 27.6 Å². The van der Waals surface area contributed by atoms with Crippen LogP contribution in [0.5, 0.6) is 11.5 Å². The molecule has 0 unspecified atom stereocenters. The smallest absolute Gasteiger partial charge is 0.348 e. The van der Waals surface area contributed by atoms with E-state index in [-0.39, 0.29) is 24.0 Å². The van der Waals surface area contributed by atoms with Crippen molar-refractivity contribution in [1.29, 1.82) is 0 Å². The number of ether oxygens (including phenoxy) is 3. The molecule has 9 nitrogen and oxygen atoms in total. The second-order valence-corrected chi connectivity index (χ2v) is 9.26. The molecule has 0 radical (unpaired) electrons. The first kappa shape index (κ1) is 22.6. The summed E-state index contributed by atoms with van der Waals surface area (Å²) < 4.78 is 41.7. The molecule has 0 aromatic heterocycles. The summed E-state index contributed by atoms with van der Waals surface area (Å²) >= 11 is 0. The number of rotatable bonds is 6. The summed E-state index contributed by atoms with van der Waals surface area (Å²) in [7, 11) is 0.592. The van der Waals surface area contributed by atoms with Gasteiger partial charge in [0.1, 0.15) is 11.5 Å². The molecule has 166 valence electrons. The van der Waals surface area contributed by atoms with E-state index in [1.165, 1.54) is 44.3 Å². The van der Waals surface area contributed by atoms with Crippen molar-refractivity contribution in [1.82, 2.24) is 4.31 Å². The minimum Gasteiger partial charge on any atom is -0.483 e. The molecule has 0 saturated heterocycles. The van der Waals surface area contributed by atoms with Crippen molar-refractivity contribution in [3.05, 3.63) is 48.0 Å². The highest BCUT2D eigenvalue weighted by molar-refractivity contribution is 7.89. The Morgan fingerprint density at radius 3 is 2.55 bits per heavy atom. The van der Waals surface area contributed by atoms with E-state index in [4.69, 9.17) is 14.2 Å². The minimum absolute atomic E-state index is 0.00905. The van der Waals surface area contributed by atoms with Crippen LogP contribution >= 0.6 is 0 Å². The minimum atomic E-state index is -3.57. The average molecular weight is 448 g/mol.